The van der Waals surface area contributed by atoms with Crippen LogP contribution >= 0.6 is 11.6 Å². The molecular weight excluding hydrogens is 284 g/mol. The molecule has 2 nitrogen and oxygen atoms in total. The van der Waals surface area contributed by atoms with Crippen LogP contribution in [0, 0.1) is 5.92 Å². The average molecular weight is 303 g/mol. The van der Waals surface area contributed by atoms with Gasteiger partial charge in [-0.05, 0) is 48.6 Å². The highest BCUT2D eigenvalue weighted by Crippen LogP contribution is 2.35. The second-order valence-corrected chi connectivity index (χ2v) is 6.09. The van der Waals surface area contributed by atoms with Crippen LogP contribution in [-0.4, -0.2) is 11.7 Å². The van der Waals surface area contributed by atoms with Crippen molar-refractivity contribution in [1.29, 1.82) is 0 Å². The molecule has 0 saturated heterocycles. The van der Waals surface area contributed by atoms with Gasteiger partial charge in [0, 0.05) is 16.7 Å². The van der Waals surface area contributed by atoms with Gasteiger partial charge in [0.25, 0.3) is 0 Å². The molecule has 21 heavy (non-hydrogen) atoms. The maximum Gasteiger partial charge on any atom is 0.130 e. The van der Waals surface area contributed by atoms with Crippen LogP contribution in [0.5, 0.6) is 11.5 Å². The molecule has 0 bridgehead atoms. The summed E-state index contributed by atoms with van der Waals surface area (Å²) in [6.07, 6.45) is 5.10. The smallest absolute Gasteiger partial charge is 0.130 e. The van der Waals surface area contributed by atoms with Crippen LogP contribution in [0.3, 0.4) is 0 Å². The third-order valence-electron chi connectivity index (χ3n) is 4.07. The minimum absolute atomic E-state index is 0.231. The van der Waals surface area contributed by atoms with Crippen molar-refractivity contribution in [1.82, 2.24) is 0 Å². The maximum absolute atomic E-state index is 9.72. The van der Waals surface area contributed by atoms with Crippen molar-refractivity contribution in [3.63, 3.8) is 0 Å². The van der Waals surface area contributed by atoms with Gasteiger partial charge in [0.05, 0.1) is 6.61 Å². The first-order chi connectivity index (χ1) is 10.2. The molecule has 1 aliphatic carbocycles. The van der Waals surface area contributed by atoms with E-state index in [2.05, 4.69) is 0 Å². The Morgan fingerprint density at radius 3 is 2.48 bits per heavy atom. The SMILES string of the molecule is Oc1ccc(-c2ccc(Cl)cc2)c(OCC2CCCC2)c1. The number of phenolic OH excluding ortho intramolecular Hbond substituents is 1. The lowest BCUT2D eigenvalue weighted by Gasteiger charge is -2.15. The van der Waals surface area contributed by atoms with Gasteiger partial charge in [-0.2, -0.15) is 0 Å². The third-order valence-corrected chi connectivity index (χ3v) is 4.32. The van der Waals surface area contributed by atoms with Gasteiger partial charge in [0.2, 0.25) is 0 Å². The van der Waals surface area contributed by atoms with Crippen molar-refractivity contribution >= 4 is 11.6 Å². The van der Waals surface area contributed by atoms with Gasteiger partial charge in [0.1, 0.15) is 11.5 Å². The van der Waals surface area contributed by atoms with Gasteiger partial charge in [-0.15, -0.1) is 0 Å². The summed E-state index contributed by atoms with van der Waals surface area (Å²) in [6.45, 7) is 0.726. The Bertz CT molecular complexity index is 601. The van der Waals surface area contributed by atoms with E-state index in [1.165, 1.54) is 25.7 Å². The van der Waals surface area contributed by atoms with E-state index in [0.29, 0.717) is 10.9 Å². The Morgan fingerprint density at radius 1 is 1.05 bits per heavy atom. The highest BCUT2D eigenvalue weighted by atomic mass is 35.5. The topological polar surface area (TPSA) is 29.5 Å². The van der Waals surface area contributed by atoms with E-state index in [-0.39, 0.29) is 5.75 Å². The molecule has 3 rings (SSSR count). The van der Waals surface area contributed by atoms with E-state index in [1.54, 1.807) is 12.1 Å². The summed E-state index contributed by atoms with van der Waals surface area (Å²) in [7, 11) is 0. The predicted octanol–water partition coefficient (Wildman–Crippen LogP) is 5.28. The number of benzene rings is 2. The summed E-state index contributed by atoms with van der Waals surface area (Å²) in [4.78, 5) is 0. The second kappa shape index (κ2) is 6.40. The Labute approximate surface area is 130 Å². The Balaban J connectivity index is 1.83. The predicted molar refractivity (Wildman–Crippen MR) is 86.0 cm³/mol. The van der Waals surface area contributed by atoms with Crippen LogP contribution in [0.2, 0.25) is 5.02 Å². The molecule has 0 aromatic heterocycles. The molecule has 2 aromatic rings. The minimum atomic E-state index is 0.231. The number of aromatic hydroxyl groups is 1. The van der Waals surface area contributed by atoms with Crippen LogP contribution < -0.4 is 4.74 Å². The fraction of sp³-hybridized carbons (Fsp3) is 0.333. The summed E-state index contributed by atoms with van der Waals surface area (Å²) in [5.74, 6) is 1.61. The first-order valence-electron chi connectivity index (χ1n) is 7.44. The molecule has 3 heteroatoms. The van der Waals surface area contributed by atoms with Crippen molar-refractivity contribution in [3.05, 3.63) is 47.5 Å². The zero-order valence-corrected chi connectivity index (χ0v) is 12.6. The molecule has 1 fully saturated rings. The molecule has 1 N–H and O–H groups in total. The maximum atomic E-state index is 9.72. The first-order valence-corrected chi connectivity index (χ1v) is 7.82. The van der Waals surface area contributed by atoms with E-state index in [0.717, 1.165) is 23.5 Å². The molecule has 0 unspecified atom stereocenters. The molecule has 0 atom stereocenters. The largest absolute Gasteiger partial charge is 0.508 e. The number of hydrogen-bond donors (Lipinski definition) is 1. The summed E-state index contributed by atoms with van der Waals surface area (Å²) in [5, 5.41) is 10.4. The van der Waals surface area contributed by atoms with E-state index in [9.17, 15) is 5.11 Å². The molecule has 0 radical (unpaired) electrons. The molecule has 0 aliphatic heterocycles. The highest BCUT2D eigenvalue weighted by Gasteiger charge is 2.17. The lowest BCUT2D eigenvalue weighted by Crippen LogP contribution is -2.08. The van der Waals surface area contributed by atoms with Crippen LogP contribution in [0.1, 0.15) is 25.7 Å². The van der Waals surface area contributed by atoms with Crippen molar-refractivity contribution in [3.8, 4) is 22.6 Å². The van der Waals surface area contributed by atoms with Gasteiger partial charge in [-0.1, -0.05) is 36.6 Å². The van der Waals surface area contributed by atoms with Gasteiger partial charge in [-0.3, -0.25) is 0 Å². The van der Waals surface area contributed by atoms with Crippen LogP contribution in [0.4, 0.5) is 0 Å². The third kappa shape index (κ3) is 3.51. The summed E-state index contributed by atoms with van der Waals surface area (Å²) >= 11 is 5.94. The van der Waals surface area contributed by atoms with Gasteiger partial charge in [0.15, 0.2) is 0 Å². The summed E-state index contributed by atoms with van der Waals surface area (Å²) in [5.41, 5.74) is 2.03. The standard InChI is InChI=1S/C18H19ClO2/c19-15-7-5-14(6-8-15)17-10-9-16(20)11-18(17)21-12-13-3-1-2-4-13/h5-11,13,20H,1-4,12H2. The van der Waals surface area contributed by atoms with Crippen LogP contribution in [0.15, 0.2) is 42.5 Å². The van der Waals surface area contributed by atoms with E-state index >= 15 is 0 Å². The Morgan fingerprint density at radius 2 is 1.76 bits per heavy atom. The zero-order chi connectivity index (χ0) is 14.7. The van der Waals surface area contributed by atoms with Crippen molar-refractivity contribution in [2.75, 3.05) is 6.61 Å². The quantitative estimate of drug-likeness (QED) is 0.832. The second-order valence-electron chi connectivity index (χ2n) is 5.65. The molecule has 0 amide bonds. The molecule has 110 valence electrons. The Kier molecular flexibility index (Phi) is 4.35. The fourth-order valence-electron chi connectivity index (χ4n) is 2.88. The number of rotatable bonds is 4. The molecule has 0 heterocycles. The molecule has 2 aromatic carbocycles. The van der Waals surface area contributed by atoms with Crippen LogP contribution in [0.25, 0.3) is 11.1 Å². The van der Waals surface area contributed by atoms with E-state index in [4.69, 9.17) is 16.3 Å². The van der Waals surface area contributed by atoms with E-state index in [1.807, 2.05) is 30.3 Å². The number of ether oxygens (including phenoxy) is 1. The monoisotopic (exact) mass is 302 g/mol. The fourth-order valence-corrected chi connectivity index (χ4v) is 3.01. The average Bonchev–Trinajstić information content (AvgIpc) is 3.00. The van der Waals surface area contributed by atoms with Crippen molar-refractivity contribution in [2.45, 2.75) is 25.7 Å². The van der Waals surface area contributed by atoms with Gasteiger partial charge >= 0.3 is 0 Å². The number of halogens is 1. The van der Waals surface area contributed by atoms with Crippen LogP contribution in [-0.2, 0) is 0 Å². The molecule has 0 spiro atoms. The lowest BCUT2D eigenvalue weighted by atomic mass is 10.0. The van der Waals surface area contributed by atoms with E-state index < -0.39 is 0 Å². The van der Waals surface area contributed by atoms with Crippen molar-refractivity contribution in [2.24, 2.45) is 5.92 Å². The molecule has 1 aliphatic rings. The normalized spacial score (nSPS) is 15.3. The zero-order valence-electron chi connectivity index (χ0n) is 11.9. The molecular formula is C18H19ClO2. The van der Waals surface area contributed by atoms with Gasteiger partial charge < -0.3 is 9.84 Å². The summed E-state index contributed by atoms with van der Waals surface area (Å²) in [6, 6.07) is 12.9. The lowest BCUT2D eigenvalue weighted by molar-refractivity contribution is 0.252. The molecule has 1 saturated carbocycles. The Hall–Kier alpha value is -1.67. The van der Waals surface area contributed by atoms with Crippen molar-refractivity contribution < 1.29 is 9.84 Å². The number of hydrogen-bond acceptors (Lipinski definition) is 2. The summed E-state index contributed by atoms with van der Waals surface area (Å²) < 4.78 is 5.99. The minimum Gasteiger partial charge on any atom is -0.508 e. The van der Waals surface area contributed by atoms with Gasteiger partial charge in [-0.25, -0.2) is 0 Å². The highest BCUT2D eigenvalue weighted by molar-refractivity contribution is 6.30. The first kappa shape index (κ1) is 14.3. The number of phenols is 1.